The predicted octanol–water partition coefficient (Wildman–Crippen LogP) is 3.21. The number of phenols is 1. The maximum Gasteiger partial charge on any atom is 0.263 e. The van der Waals surface area contributed by atoms with Crippen LogP contribution in [0.5, 0.6) is 11.5 Å². The number of hydrogen-bond acceptors (Lipinski definition) is 4. The number of para-hydroxylation sites is 2. The fourth-order valence-electron chi connectivity index (χ4n) is 2.37. The Morgan fingerprint density at radius 1 is 1.16 bits per heavy atom. The van der Waals surface area contributed by atoms with Gasteiger partial charge in [-0.2, -0.15) is 5.10 Å². The summed E-state index contributed by atoms with van der Waals surface area (Å²) in [6.07, 6.45) is 0. The van der Waals surface area contributed by atoms with E-state index in [9.17, 15) is 9.90 Å². The van der Waals surface area contributed by atoms with Gasteiger partial charge in [-0.05, 0) is 38.1 Å². The molecule has 0 aliphatic rings. The van der Waals surface area contributed by atoms with Gasteiger partial charge in [-0.15, -0.1) is 0 Å². The van der Waals surface area contributed by atoms with Crippen molar-refractivity contribution in [2.45, 2.75) is 13.8 Å². The van der Waals surface area contributed by atoms with Crippen LogP contribution in [0.4, 0.5) is 5.82 Å². The lowest BCUT2D eigenvalue weighted by atomic mass is 10.2. The molecule has 1 heterocycles. The van der Waals surface area contributed by atoms with Crippen LogP contribution in [0.15, 0.2) is 54.6 Å². The van der Waals surface area contributed by atoms with E-state index in [2.05, 4.69) is 10.4 Å². The van der Waals surface area contributed by atoms with Crippen LogP contribution < -0.4 is 10.1 Å². The summed E-state index contributed by atoms with van der Waals surface area (Å²) in [5.74, 6) is 0.487. The lowest BCUT2D eigenvalue weighted by molar-refractivity contribution is -0.118. The zero-order valence-corrected chi connectivity index (χ0v) is 14.1. The molecule has 3 aromatic rings. The number of amides is 1. The standard InChI is InChI=1S/C19H19N3O3/c1-13-7-9-15(10-8-13)22-18(11-14(2)21-22)20-19(24)12-25-17-6-4-3-5-16(17)23/h3-11,23H,12H2,1-2H3,(H,20,24). The molecule has 0 aliphatic heterocycles. The molecule has 6 nitrogen and oxygen atoms in total. The first kappa shape index (κ1) is 16.6. The normalized spacial score (nSPS) is 10.5. The van der Waals surface area contributed by atoms with E-state index in [1.807, 2.05) is 38.1 Å². The van der Waals surface area contributed by atoms with E-state index >= 15 is 0 Å². The minimum absolute atomic E-state index is 0.00385. The summed E-state index contributed by atoms with van der Waals surface area (Å²) in [4.78, 5) is 12.2. The van der Waals surface area contributed by atoms with Crippen molar-refractivity contribution in [1.82, 2.24) is 9.78 Å². The van der Waals surface area contributed by atoms with Crippen molar-refractivity contribution >= 4 is 11.7 Å². The maximum absolute atomic E-state index is 12.2. The summed E-state index contributed by atoms with van der Waals surface area (Å²) in [5, 5.41) is 16.9. The minimum atomic E-state index is -0.337. The Morgan fingerprint density at radius 2 is 1.88 bits per heavy atom. The maximum atomic E-state index is 12.2. The monoisotopic (exact) mass is 337 g/mol. The highest BCUT2D eigenvalue weighted by molar-refractivity contribution is 5.91. The third kappa shape index (κ3) is 3.98. The van der Waals surface area contributed by atoms with Crippen LogP contribution in [0.2, 0.25) is 0 Å². The van der Waals surface area contributed by atoms with Crippen molar-refractivity contribution in [3.05, 3.63) is 65.9 Å². The van der Waals surface area contributed by atoms with Gasteiger partial charge in [0.1, 0.15) is 5.82 Å². The molecule has 1 amide bonds. The lowest BCUT2D eigenvalue weighted by Crippen LogP contribution is -2.21. The van der Waals surface area contributed by atoms with Crippen molar-refractivity contribution in [3.8, 4) is 17.2 Å². The summed E-state index contributed by atoms with van der Waals surface area (Å²) in [6, 6.07) is 16.2. The Morgan fingerprint density at radius 3 is 2.60 bits per heavy atom. The molecule has 0 radical (unpaired) electrons. The first-order valence-electron chi connectivity index (χ1n) is 7.87. The molecule has 0 aliphatic carbocycles. The molecule has 2 aromatic carbocycles. The summed E-state index contributed by atoms with van der Waals surface area (Å²) < 4.78 is 7.02. The minimum Gasteiger partial charge on any atom is -0.504 e. The number of anilines is 1. The number of aromatic hydroxyl groups is 1. The molecule has 3 rings (SSSR count). The Balaban J connectivity index is 1.71. The number of aromatic nitrogens is 2. The number of nitrogens with zero attached hydrogens (tertiary/aromatic N) is 2. The van der Waals surface area contributed by atoms with Crippen LogP contribution >= 0.6 is 0 Å². The van der Waals surface area contributed by atoms with E-state index < -0.39 is 0 Å². The quantitative estimate of drug-likeness (QED) is 0.749. The van der Waals surface area contributed by atoms with Crippen molar-refractivity contribution in [2.75, 3.05) is 11.9 Å². The average Bonchev–Trinajstić information content (AvgIpc) is 2.95. The number of phenolic OH excluding ortho intramolecular Hbond substituents is 1. The van der Waals surface area contributed by atoms with Crippen LogP contribution in [0, 0.1) is 13.8 Å². The second kappa shape index (κ2) is 7.09. The van der Waals surface area contributed by atoms with E-state index in [1.54, 1.807) is 28.9 Å². The summed E-state index contributed by atoms with van der Waals surface area (Å²) in [5.41, 5.74) is 2.79. The van der Waals surface area contributed by atoms with Crippen molar-refractivity contribution in [2.24, 2.45) is 0 Å². The number of nitrogens with one attached hydrogen (secondary N) is 1. The molecule has 0 saturated heterocycles. The fourth-order valence-corrected chi connectivity index (χ4v) is 2.37. The Kier molecular flexibility index (Phi) is 4.70. The molecule has 0 fully saturated rings. The zero-order valence-electron chi connectivity index (χ0n) is 14.1. The number of ether oxygens (including phenoxy) is 1. The van der Waals surface area contributed by atoms with Gasteiger partial charge in [0.25, 0.3) is 5.91 Å². The van der Waals surface area contributed by atoms with E-state index in [1.165, 1.54) is 6.07 Å². The topological polar surface area (TPSA) is 76.4 Å². The summed E-state index contributed by atoms with van der Waals surface area (Å²) in [6.45, 7) is 3.66. The first-order valence-corrected chi connectivity index (χ1v) is 7.87. The number of carbonyl (C=O) groups is 1. The molecule has 0 bridgehead atoms. The molecule has 25 heavy (non-hydrogen) atoms. The second-order valence-electron chi connectivity index (χ2n) is 5.72. The van der Waals surface area contributed by atoms with Crippen molar-refractivity contribution in [1.29, 1.82) is 0 Å². The summed E-state index contributed by atoms with van der Waals surface area (Å²) in [7, 11) is 0. The van der Waals surface area contributed by atoms with Crippen molar-refractivity contribution < 1.29 is 14.6 Å². The van der Waals surface area contributed by atoms with Gasteiger partial charge in [-0.25, -0.2) is 4.68 Å². The second-order valence-corrected chi connectivity index (χ2v) is 5.72. The number of hydrogen-bond donors (Lipinski definition) is 2. The molecule has 0 atom stereocenters. The molecule has 0 unspecified atom stereocenters. The molecule has 0 spiro atoms. The van der Waals surface area contributed by atoms with Crippen LogP contribution in [0.1, 0.15) is 11.3 Å². The predicted molar refractivity (Wildman–Crippen MR) is 95.3 cm³/mol. The highest BCUT2D eigenvalue weighted by Gasteiger charge is 2.12. The first-order chi connectivity index (χ1) is 12.0. The number of aryl methyl sites for hydroxylation is 2. The lowest BCUT2D eigenvalue weighted by Gasteiger charge is -2.10. The number of carbonyl (C=O) groups excluding carboxylic acids is 1. The molecule has 128 valence electrons. The Hall–Kier alpha value is -3.28. The third-order valence-corrected chi connectivity index (χ3v) is 3.60. The average molecular weight is 337 g/mol. The molecule has 1 aromatic heterocycles. The SMILES string of the molecule is Cc1ccc(-n2nc(C)cc2NC(=O)COc2ccccc2O)cc1. The highest BCUT2D eigenvalue weighted by Crippen LogP contribution is 2.24. The molecular weight excluding hydrogens is 318 g/mol. The third-order valence-electron chi connectivity index (χ3n) is 3.60. The van der Waals surface area contributed by atoms with E-state index in [0.29, 0.717) is 5.82 Å². The highest BCUT2D eigenvalue weighted by atomic mass is 16.5. The largest absolute Gasteiger partial charge is 0.504 e. The van der Waals surface area contributed by atoms with Gasteiger partial charge in [0.05, 0.1) is 11.4 Å². The van der Waals surface area contributed by atoms with Crippen LogP contribution in [0.3, 0.4) is 0 Å². The smallest absolute Gasteiger partial charge is 0.263 e. The van der Waals surface area contributed by atoms with E-state index in [-0.39, 0.29) is 24.0 Å². The Labute approximate surface area is 145 Å². The van der Waals surface area contributed by atoms with Gasteiger partial charge in [0.15, 0.2) is 18.1 Å². The number of rotatable bonds is 5. The zero-order chi connectivity index (χ0) is 17.8. The number of benzene rings is 2. The van der Waals surface area contributed by atoms with E-state index in [0.717, 1.165) is 16.9 Å². The van der Waals surface area contributed by atoms with Gasteiger partial charge in [0.2, 0.25) is 0 Å². The molecular formula is C19H19N3O3. The van der Waals surface area contributed by atoms with Gasteiger partial charge < -0.3 is 15.2 Å². The van der Waals surface area contributed by atoms with Gasteiger partial charge >= 0.3 is 0 Å². The van der Waals surface area contributed by atoms with Crippen LogP contribution in [-0.2, 0) is 4.79 Å². The van der Waals surface area contributed by atoms with Gasteiger partial charge in [-0.1, -0.05) is 29.8 Å². The van der Waals surface area contributed by atoms with E-state index in [4.69, 9.17) is 4.74 Å². The molecule has 6 heteroatoms. The molecule has 0 saturated carbocycles. The molecule has 2 N–H and O–H groups in total. The van der Waals surface area contributed by atoms with Crippen LogP contribution in [0.25, 0.3) is 5.69 Å². The van der Waals surface area contributed by atoms with Gasteiger partial charge in [-0.3, -0.25) is 4.79 Å². The fraction of sp³-hybridized carbons (Fsp3) is 0.158. The Bertz CT molecular complexity index is 885. The van der Waals surface area contributed by atoms with Crippen LogP contribution in [-0.4, -0.2) is 27.4 Å². The van der Waals surface area contributed by atoms with Gasteiger partial charge in [0, 0.05) is 6.07 Å². The van der Waals surface area contributed by atoms with Crippen molar-refractivity contribution in [3.63, 3.8) is 0 Å². The summed E-state index contributed by atoms with van der Waals surface area (Å²) >= 11 is 0.